The lowest BCUT2D eigenvalue weighted by Gasteiger charge is -2.08. The lowest BCUT2D eigenvalue weighted by Crippen LogP contribution is -2.13. The SMILES string of the molecule is CC=C(C)CCC1OC1(C)Cc1ccc(CC)cc1. The molecule has 0 saturated carbocycles. The van der Waals surface area contributed by atoms with E-state index in [1.807, 2.05) is 0 Å². The summed E-state index contributed by atoms with van der Waals surface area (Å²) >= 11 is 0. The van der Waals surface area contributed by atoms with Crippen molar-refractivity contribution in [1.29, 1.82) is 0 Å². The normalized spacial score (nSPS) is 26.5. The quantitative estimate of drug-likeness (QED) is 0.532. The van der Waals surface area contributed by atoms with E-state index in [9.17, 15) is 0 Å². The first kappa shape index (κ1) is 14.3. The Morgan fingerprint density at radius 3 is 2.47 bits per heavy atom. The molecule has 0 aliphatic carbocycles. The Hall–Kier alpha value is -1.08. The van der Waals surface area contributed by atoms with E-state index in [2.05, 4.69) is 58.0 Å². The molecule has 2 unspecified atom stereocenters. The van der Waals surface area contributed by atoms with Gasteiger partial charge in [0.15, 0.2) is 0 Å². The highest BCUT2D eigenvalue weighted by molar-refractivity contribution is 5.25. The standard InChI is InChI=1S/C18H26O/c1-5-14(3)7-12-17-18(4,19-17)13-16-10-8-15(6-2)9-11-16/h5,8-11,17H,6-7,12-13H2,1-4H3. The van der Waals surface area contributed by atoms with Gasteiger partial charge in [-0.25, -0.2) is 0 Å². The molecule has 1 aromatic carbocycles. The number of ether oxygens (including phenoxy) is 1. The van der Waals surface area contributed by atoms with Crippen LogP contribution < -0.4 is 0 Å². The van der Waals surface area contributed by atoms with Crippen LogP contribution in [0.1, 0.15) is 51.7 Å². The number of hydrogen-bond acceptors (Lipinski definition) is 1. The Bertz CT molecular complexity index is 443. The summed E-state index contributed by atoms with van der Waals surface area (Å²) in [6.45, 7) is 8.75. The fourth-order valence-corrected chi connectivity index (χ4v) is 2.61. The topological polar surface area (TPSA) is 12.5 Å². The van der Waals surface area contributed by atoms with Crippen molar-refractivity contribution in [1.82, 2.24) is 0 Å². The first-order valence-corrected chi connectivity index (χ1v) is 7.45. The summed E-state index contributed by atoms with van der Waals surface area (Å²) in [5, 5.41) is 0. The third kappa shape index (κ3) is 3.70. The number of benzene rings is 1. The van der Waals surface area contributed by atoms with Crippen LogP contribution >= 0.6 is 0 Å². The van der Waals surface area contributed by atoms with Crippen molar-refractivity contribution in [3.05, 3.63) is 47.0 Å². The van der Waals surface area contributed by atoms with Crippen LogP contribution in [0.2, 0.25) is 0 Å². The molecular weight excluding hydrogens is 232 g/mol. The van der Waals surface area contributed by atoms with Crippen LogP contribution in [-0.4, -0.2) is 11.7 Å². The van der Waals surface area contributed by atoms with E-state index in [4.69, 9.17) is 4.74 Å². The first-order chi connectivity index (χ1) is 9.07. The molecule has 1 heterocycles. The molecule has 1 aliphatic heterocycles. The van der Waals surface area contributed by atoms with Crippen LogP contribution in [-0.2, 0) is 17.6 Å². The van der Waals surface area contributed by atoms with E-state index < -0.39 is 0 Å². The zero-order chi connectivity index (χ0) is 13.9. The highest BCUT2D eigenvalue weighted by Gasteiger charge is 2.51. The third-order valence-corrected chi connectivity index (χ3v) is 4.32. The predicted octanol–water partition coefficient (Wildman–Crippen LogP) is 4.70. The van der Waals surface area contributed by atoms with Crippen molar-refractivity contribution in [3.63, 3.8) is 0 Å². The maximum Gasteiger partial charge on any atom is 0.0960 e. The molecule has 1 saturated heterocycles. The second-order valence-electron chi connectivity index (χ2n) is 5.94. The van der Waals surface area contributed by atoms with Gasteiger partial charge in [0.2, 0.25) is 0 Å². The van der Waals surface area contributed by atoms with Crippen molar-refractivity contribution in [2.75, 3.05) is 0 Å². The molecule has 104 valence electrons. The molecule has 0 radical (unpaired) electrons. The zero-order valence-corrected chi connectivity index (χ0v) is 12.7. The molecule has 1 fully saturated rings. The minimum atomic E-state index is 0.0712. The van der Waals surface area contributed by atoms with E-state index in [0.717, 1.165) is 25.7 Å². The number of hydrogen-bond donors (Lipinski definition) is 0. The minimum absolute atomic E-state index is 0.0712. The summed E-state index contributed by atoms with van der Waals surface area (Å²) in [4.78, 5) is 0. The average Bonchev–Trinajstić information content (AvgIpc) is 3.07. The van der Waals surface area contributed by atoms with Crippen LogP contribution in [0.3, 0.4) is 0 Å². The number of rotatable bonds is 6. The average molecular weight is 258 g/mol. The van der Waals surface area contributed by atoms with Crippen LogP contribution in [0.15, 0.2) is 35.9 Å². The largest absolute Gasteiger partial charge is 0.366 e. The summed E-state index contributed by atoms with van der Waals surface area (Å²) in [5.74, 6) is 0. The van der Waals surface area contributed by atoms with Gasteiger partial charge < -0.3 is 4.74 Å². The molecule has 0 amide bonds. The van der Waals surface area contributed by atoms with Crippen LogP contribution in [0.5, 0.6) is 0 Å². The molecule has 0 bridgehead atoms. The molecule has 0 N–H and O–H groups in total. The van der Waals surface area contributed by atoms with Gasteiger partial charge in [-0.1, -0.05) is 42.8 Å². The molecule has 1 aromatic rings. The van der Waals surface area contributed by atoms with Gasteiger partial charge in [-0.3, -0.25) is 0 Å². The Kier molecular flexibility index (Phi) is 4.46. The number of aryl methyl sites for hydroxylation is 1. The number of epoxide rings is 1. The van der Waals surface area contributed by atoms with E-state index in [1.165, 1.54) is 16.7 Å². The van der Waals surface area contributed by atoms with E-state index in [1.54, 1.807) is 0 Å². The fraction of sp³-hybridized carbons (Fsp3) is 0.556. The van der Waals surface area contributed by atoms with Gasteiger partial charge in [0.1, 0.15) is 0 Å². The maximum absolute atomic E-state index is 5.93. The lowest BCUT2D eigenvalue weighted by molar-refractivity contribution is 0.304. The number of allylic oxidation sites excluding steroid dienone is 2. The molecular formula is C18H26O. The zero-order valence-electron chi connectivity index (χ0n) is 12.7. The Balaban J connectivity index is 1.86. The second kappa shape index (κ2) is 5.92. The summed E-state index contributed by atoms with van der Waals surface area (Å²) in [6.07, 6.45) is 7.10. The van der Waals surface area contributed by atoms with Gasteiger partial charge in [-0.2, -0.15) is 0 Å². The van der Waals surface area contributed by atoms with Crippen molar-refractivity contribution >= 4 is 0 Å². The van der Waals surface area contributed by atoms with Crippen molar-refractivity contribution in [3.8, 4) is 0 Å². The van der Waals surface area contributed by atoms with E-state index in [-0.39, 0.29) is 5.60 Å². The van der Waals surface area contributed by atoms with Crippen LogP contribution in [0, 0.1) is 0 Å². The van der Waals surface area contributed by atoms with Gasteiger partial charge in [-0.05, 0) is 51.2 Å². The Morgan fingerprint density at radius 1 is 1.26 bits per heavy atom. The van der Waals surface area contributed by atoms with Crippen molar-refractivity contribution < 1.29 is 4.74 Å². The molecule has 1 nitrogen and oxygen atoms in total. The van der Waals surface area contributed by atoms with Crippen LogP contribution in [0.4, 0.5) is 0 Å². The summed E-state index contributed by atoms with van der Waals surface area (Å²) in [5.41, 5.74) is 4.34. The second-order valence-corrected chi connectivity index (χ2v) is 5.94. The molecule has 2 atom stereocenters. The molecule has 19 heavy (non-hydrogen) atoms. The predicted molar refractivity (Wildman–Crippen MR) is 81.5 cm³/mol. The highest BCUT2D eigenvalue weighted by Crippen LogP contribution is 2.42. The fourth-order valence-electron chi connectivity index (χ4n) is 2.61. The molecule has 1 heteroatoms. The highest BCUT2D eigenvalue weighted by atomic mass is 16.6. The summed E-state index contributed by atoms with van der Waals surface area (Å²) in [6, 6.07) is 8.97. The molecule has 2 rings (SSSR count). The van der Waals surface area contributed by atoms with Gasteiger partial charge in [-0.15, -0.1) is 0 Å². The molecule has 0 aromatic heterocycles. The smallest absolute Gasteiger partial charge is 0.0960 e. The molecule has 1 aliphatic rings. The summed E-state index contributed by atoms with van der Waals surface area (Å²) < 4.78 is 5.93. The van der Waals surface area contributed by atoms with E-state index >= 15 is 0 Å². The van der Waals surface area contributed by atoms with Crippen LogP contribution in [0.25, 0.3) is 0 Å². The summed E-state index contributed by atoms with van der Waals surface area (Å²) in [7, 11) is 0. The third-order valence-electron chi connectivity index (χ3n) is 4.32. The van der Waals surface area contributed by atoms with Gasteiger partial charge >= 0.3 is 0 Å². The lowest BCUT2D eigenvalue weighted by atomic mass is 9.94. The van der Waals surface area contributed by atoms with Crippen molar-refractivity contribution in [2.45, 2.75) is 65.1 Å². The first-order valence-electron chi connectivity index (χ1n) is 7.45. The van der Waals surface area contributed by atoms with E-state index in [0.29, 0.717) is 6.10 Å². The van der Waals surface area contributed by atoms with Gasteiger partial charge in [0.25, 0.3) is 0 Å². The van der Waals surface area contributed by atoms with Crippen molar-refractivity contribution in [2.24, 2.45) is 0 Å². The van der Waals surface area contributed by atoms with Gasteiger partial charge in [0.05, 0.1) is 11.7 Å². The Morgan fingerprint density at radius 2 is 1.89 bits per heavy atom. The maximum atomic E-state index is 5.93. The monoisotopic (exact) mass is 258 g/mol. The van der Waals surface area contributed by atoms with Gasteiger partial charge in [0, 0.05) is 6.42 Å². The minimum Gasteiger partial charge on any atom is -0.366 e. The molecule has 0 spiro atoms. The Labute approximate surface area is 117 Å².